The van der Waals surface area contributed by atoms with E-state index in [0.29, 0.717) is 24.4 Å². The van der Waals surface area contributed by atoms with Crippen molar-refractivity contribution in [3.05, 3.63) is 58.8 Å². The zero-order valence-electron chi connectivity index (χ0n) is 19.9. The zero-order valence-corrected chi connectivity index (χ0v) is 19.9. The van der Waals surface area contributed by atoms with Crippen LogP contribution in [0.1, 0.15) is 78.1 Å². The lowest BCUT2D eigenvalue weighted by Crippen LogP contribution is -2.12. The summed E-state index contributed by atoms with van der Waals surface area (Å²) in [7, 11) is 0. The van der Waals surface area contributed by atoms with Crippen LogP contribution in [-0.4, -0.2) is 12.6 Å². The number of azo groups is 1. The van der Waals surface area contributed by atoms with Crippen LogP contribution in [0.15, 0.2) is 63.6 Å². The van der Waals surface area contributed by atoms with Gasteiger partial charge in [0.2, 0.25) is 5.43 Å². The molecule has 2 aromatic carbocycles. The Morgan fingerprint density at radius 2 is 1.30 bits per heavy atom. The van der Waals surface area contributed by atoms with Gasteiger partial charge in [-0.1, -0.05) is 58.8 Å². The molecule has 0 radical (unpaired) electrons. The fraction of sp³-hybridized carbons (Fsp3) is 0.481. The van der Waals surface area contributed by atoms with Crippen molar-refractivity contribution in [3.63, 3.8) is 0 Å². The number of rotatable bonds is 15. The molecule has 2 rings (SSSR count). The van der Waals surface area contributed by atoms with Crippen LogP contribution in [0.4, 0.5) is 11.4 Å². The van der Waals surface area contributed by atoms with Gasteiger partial charge in [-0.15, -0.1) is 0 Å². The Bertz CT molecular complexity index is 926. The van der Waals surface area contributed by atoms with E-state index in [9.17, 15) is 9.59 Å². The van der Waals surface area contributed by atoms with Gasteiger partial charge >= 0.3 is 5.97 Å². The second-order valence-corrected chi connectivity index (χ2v) is 8.06. The van der Waals surface area contributed by atoms with Crippen LogP contribution in [-0.2, 0) is 4.79 Å². The Labute approximate surface area is 197 Å². The van der Waals surface area contributed by atoms with Gasteiger partial charge in [0.25, 0.3) is 0 Å². The van der Waals surface area contributed by atoms with Gasteiger partial charge in [-0.25, -0.2) is 0 Å². The number of unbranched alkanes of at least 4 members (excludes halogenated alkanes) is 7. The van der Waals surface area contributed by atoms with Gasteiger partial charge in [0.1, 0.15) is 5.75 Å². The van der Waals surface area contributed by atoms with Crippen LogP contribution in [0.3, 0.4) is 0 Å². The highest BCUT2D eigenvalue weighted by atomic mass is 16.5. The molecule has 0 heterocycles. The standard InChI is InChI=1S/C27H36N2O4/c1-3-5-7-9-10-12-27(31)33-26-20-16-23(15-19-25(26)30)29-28-22-13-17-24(18-14-22)32-21-11-8-6-4-2/h13-20H,3-12,21H2,1-2H3. The smallest absolute Gasteiger partial charge is 0.311 e. The number of nitrogens with zero attached hydrogens (tertiary/aromatic N) is 2. The fourth-order valence-electron chi connectivity index (χ4n) is 3.18. The van der Waals surface area contributed by atoms with Gasteiger partial charge in [-0.05, 0) is 61.4 Å². The van der Waals surface area contributed by atoms with Gasteiger partial charge in [0, 0.05) is 6.42 Å². The zero-order chi connectivity index (χ0) is 23.7. The third-order valence-electron chi connectivity index (χ3n) is 5.15. The van der Waals surface area contributed by atoms with Gasteiger partial charge in [-0.3, -0.25) is 9.59 Å². The molecular weight excluding hydrogens is 416 g/mol. The summed E-state index contributed by atoms with van der Waals surface area (Å²) >= 11 is 0. The number of hydrogen-bond acceptors (Lipinski definition) is 6. The normalized spacial score (nSPS) is 11.0. The highest BCUT2D eigenvalue weighted by molar-refractivity contribution is 5.72. The van der Waals surface area contributed by atoms with Crippen LogP contribution in [0.25, 0.3) is 0 Å². The van der Waals surface area contributed by atoms with Crippen molar-refractivity contribution in [2.75, 3.05) is 6.61 Å². The first-order valence-electron chi connectivity index (χ1n) is 12.1. The molecule has 178 valence electrons. The maximum absolute atomic E-state index is 12.2. The number of esters is 1. The van der Waals surface area contributed by atoms with E-state index in [2.05, 4.69) is 24.1 Å². The van der Waals surface area contributed by atoms with Crippen molar-refractivity contribution < 1.29 is 14.3 Å². The van der Waals surface area contributed by atoms with E-state index >= 15 is 0 Å². The summed E-state index contributed by atoms with van der Waals surface area (Å²) in [5.41, 5.74) is 0.804. The Morgan fingerprint density at radius 1 is 0.727 bits per heavy atom. The molecule has 0 aliphatic rings. The number of benzene rings is 1. The minimum Gasteiger partial charge on any atom is -0.494 e. The molecule has 6 heteroatoms. The van der Waals surface area contributed by atoms with Gasteiger partial charge in [-0.2, -0.15) is 10.2 Å². The Hall–Kier alpha value is -3.02. The van der Waals surface area contributed by atoms with Crippen LogP contribution in [0.2, 0.25) is 0 Å². The van der Waals surface area contributed by atoms with Crippen LogP contribution < -0.4 is 14.9 Å². The van der Waals surface area contributed by atoms with Crippen molar-refractivity contribution in [2.24, 2.45) is 10.2 Å². The van der Waals surface area contributed by atoms with E-state index in [4.69, 9.17) is 9.47 Å². The predicted molar refractivity (Wildman–Crippen MR) is 132 cm³/mol. The molecule has 0 N–H and O–H groups in total. The quantitative estimate of drug-likeness (QED) is 0.158. The van der Waals surface area contributed by atoms with Crippen molar-refractivity contribution >= 4 is 17.3 Å². The predicted octanol–water partition coefficient (Wildman–Crippen LogP) is 7.69. The Morgan fingerprint density at radius 3 is 1.97 bits per heavy atom. The van der Waals surface area contributed by atoms with Crippen molar-refractivity contribution in [1.29, 1.82) is 0 Å². The minimum absolute atomic E-state index is 0.00967. The number of carbonyl (C=O) groups is 1. The van der Waals surface area contributed by atoms with E-state index in [-0.39, 0.29) is 17.1 Å². The maximum Gasteiger partial charge on any atom is 0.311 e. The number of carbonyl (C=O) groups excluding carboxylic acids is 1. The lowest BCUT2D eigenvalue weighted by Gasteiger charge is -2.05. The highest BCUT2D eigenvalue weighted by Crippen LogP contribution is 2.21. The van der Waals surface area contributed by atoms with Gasteiger partial charge in [0.05, 0.1) is 18.0 Å². The van der Waals surface area contributed by atoms with Crippen molar-refractivity contribution in [3.8, 4) is 11.5 Å². The second kappa shape index (κ2) is 15.7. The van der Waals surface area contributed by atoms with E-state index in [1.54, 1.807) is 12.1 Å². The van der Waals surface area contributed by atoms with Crippen LogP contribution in [0, 0.1) is 0 Å². The molecule has 0 atom stereocenters. The topological polar surface area (TPSA) is 77.3 Å². The SMILES string of the molecule is CCCCCCCC(=O)Oc1ccc(N=Nc2ccc(OCCCCCC)cc2)ccc1=O. The minimum atomic E-state index is -0.384. The summed E-state index contributed by atoms with van der Waals surface area (Å²) < 4.78 is 11.0. The summed E-state index contributed by atoms with van der Waals surface area (Å²) in [6.45, 7) is 5.05. The fourth-order valence-corrected chi connectivity index (χ4v) is 3.18. The van der Waals surface area contributed by atoms with Crippen molar-refractivity contribution in [1.82, 2.24) is 0 Å². The molecule has 0 unspecified atom stereocenters. The maximum atomic E-state index is 12.2. The van der Waals surface area contributed by atoms with E-state index < -0.39 is 0 Å². The Kier molecular flexibility index (Phi) is 12.5. The third kappa shape index (κ3) is 10.9. The monoisotopic (exact) mass is 452 g/mol. The van der Waals surface area contributed by atoms with Gasteiger partial charge in [0.15, 0.2) is 5.75 Å². The van der Waals surface area contributed by atoms with Crippen molar-refractivity contribution in [2.45, 2.75) is 78.1 Å². The van der Waals surface area contributed by atoms with Gasteiger partial charge < -0.3 is 9.47 Å². The Balaban J connectivity index is 1.87. The van der Waals surface area contributed by atoms with E-state index in [1.807, 2.05) is 24.3 Å². The molecular formula is C27H36N2O4. The lowest BCUT2D eigenvalue weighted by atomic mass is 10.1. The molecule has 2 aromatic rings. The number of hydrogen-bond donors (Lipinski definition) is 0. The summed E-state index contributed by atoms with van der Waals surface area (Å²) in [5.74, 6) is 0.436. The summed E-state index contributed by atoms with van der Waals surface area (Å²) in [5, 5.41) is 8.40. The highest BCUT2D eigenvalue weighted by Gasteiger charge is 2.07. The molecule has 0 spiro atoms. The molecule has 0 amide bonds. The first-order chi connectivity index (χ1) is 16.1. The summed E-state index contributed by atoms with van der Waals surface area (Å²) in [6.07, 6.45) is 10.2. The average Bonchev–Trinajstić information content (AvgIpc) is 2.99. The molecule has 0 aliphatic carbocycles. The first kappa shape index (κ1) is 26.2. The molecule has 0 fully saturated rings. The van der Waals surface area contributed by atoms with Crippen LogP contribution in [0.5, 0.6) is 11.5 Å². The molecule has 0 bridgehead atoms. The van der Waals surface area contributed by atoms with E-state index in [1.165, 1.54) is 37.8 Å². The molecule has 0 aliphatic heterocycles. The largest absolute Gasteiger partial charge is 0.494 e. The summed E-state index contributed by atoms with van der Waals surface area (Å²) in [6, 6.07) is 13.4. The molecule has 33 heavy (non-hydrogen) atoms. The molecule has 6 nitrogen and oxygen atoms in total. The van der Waals surface area contributed by atoms with E-state index in [0.717, 1.165) is 37.9 Å². The lowest BCUT2D eigenvalue weighted by molar-refractivity contribution is -0.134. The molecule has 0 saturated heterocycles. The molecule has 0 aromatic heterocycles. The second-order valence-electron chi connectivity index (χ2n) is 8.06. The molecule has 0 saturated carbocycles. The van der Waals surface area contributed by atoms with Crippen LogP contribution >= 0.6 is 0 Å². The number of ether oxygens (including phenoxy) is 2. The third-order valence-corrected chi connectivity index (χ3v) is 5.15. The first-order valence-corrected chi connectivity index (χ1v) is 12.1. The summed E-state index contributed by atoms with van der Waals surface area (Å²) in [4.78, 5) is 24.2. The average molecular weight is 453 g/mol.